The molecule has 11 heteroatoms. The van der Waals surface area contributed by atoms with Gasteiger partial charge in [-0.15, -0.1) is 0 Å². The van der Waals surface area contributed by atoms with Gasteiger partial charge in [-0.25, -0.2) is 14.2 Å². The Bertz CT molecular complexity index is 1780. The van der Waals surface area contributed by atoms with E-state index in [0.717, 1.165) is 5.56 Å². The van der Waals surface area contributed by atoms with E-state index in [-0.39, 0.29) is 65.5 Å². The van der Waals surface area contributed by atoms with Crippen LogP contribution < -0.4 is 10.5 Å². The quantitative estimate of drug-likeness (QED) is 0.297. The first-order valence-corrected chi connectivity index (χ1v) is 14.1. The van der Waals surface area contributed by atoms with Crippen LogP contribution in [0.2, 0.25) is 5.02 Å². The maximum atomic E-state index is 15.0. The highest BCUT2D eigenvalue weighted by molar-refractivity contribution is 6.34. The molecule has 5 rings (SSSR count). The lowest BCUT2D eigenvalue weighted by molar-refractivity contribution is 0.142. The van der Waals surface area contributed by atoms with Crippen molar-refractivity contribution in [2.75, 3.05) is 31.1 Å². The number of carboxylic acid groups (broad SMARTS) is 1. The van der Waals surface area contributed by atoms with Crippen molar-refractivity contribution in [3.8, 4) is 23.0 Å². The van der Waals surface area contributed by atoms with Crippen molar-refractivity contribution in [2.24, 2.45) is 0 Å². The summed E-state index contributed by atoms with van der Waals surface area (Å²) in [5.41, 5.74) is 2.18. The van der Waals surface area contributed by atoms with Crippen LogP contribution in [0.25, 0.3) is 28.0 Å². The number of benzene rings is 1. The minimum Gasteiger partial charge on any atom is -0.465 e. The molecule has 1 amide bonds. The van der Waals surface area contributed by atoms with Gasteiger partial charge in [0.25, 0.3) is 5.56 Å². The highest BCUT2D eigenvalue weighted by Crippen LogP contribution is 2.38. The zero-order chi connectivity index (χ0) is 30.3. The van der Waals surface area contributed by atoms with Crippen LogP contribution in [0.1, 0.15) is 56.4 Å². The predicted octanol–water partition coefficient (Wildman–Crippen LogP) is 6.16. The van der Waals surface area contributed by atoms with Gasteiger partial charge in [0.15, 0.2) is 0 Å². The van der Waals surface area contributed by atoms with Gasteiger partial charge in [0, 0.05) is 43.3 Å². The second-order valence-corrected chi connectivity index (χ2v) is 11.3. The van der Waals surface area contributed by atoms with E-state index in [0.29, 0.717) is 22.5 Å². The molecular weight excluding hydrogens is 559 g/mol. The predicted molar refractivity (Wildman–Crippen MR) is 160 cm³/mol. The van der Waals surface area contributed by atoms with Gasteiger partial charge in [-0.3, -0.25) is 14.3 Å². The van der Waals surface area contributed by atoms with E-state index >= 15 is 4.39 Å². The van der Waals surface area contributed by atoms with Crippen LogP contribution in [-0.2, 0) is 0 Å². The van der Waals surface area contributed by atoms with E-state index < -0.39 is 17.5 Å². The Labute approximate surface area is 247 Å². The van der Waals surface area contributed by atoms with Crippen molar-refractivity contribution in [3.63, 3.8) is 0 Å². The number of aromatic nitrogens is 3. The number of nitrogens with zero attached hydrogens (tertiary/aromatic N) is 6. The molecule has 216 valence electrons. The summed E-state index contributed by atoms with van der Waals surface area (Å²) in [4.78, 5) is 38.5. The maximum absolute atomic E-state index is 15.0. The van der Waals surface area contributed by atoms with Crippen molar-refractivity contribution < 1.29 is 14.3 Å². The molecule has 1 fully saturated rings. The number of fused-ring (bicyclic) bond motifs is 1. The van der Waals surface area contributed by atoms with Crippen LogP contribution in [0.15, 0.2) is 47.4 Å². The molecule has 0 radical (unpaired) electrons. The lowest BCUT2D eigenvalue weighted by atomic mass is 9.96. The Morgan fingerprint density at radius 1 is 1.07 bits per heavy atom. The number of hydrogen-bond acceptors (Lipinski definition) is 6. The van der Waals surface area contributed by atoms with Crippen molar-refractivity contribution >= 4 is 34.4 Å². The molecule has 4 heterocycles. The second kappa shape index (κ2) is 11.4. The van der Waals surface area contributed by atoms with Crippen LogP contribution >= 0.6 is 11.6 Å². The number of rotatable bonds is 5. The Morgan fingerprint density at radius 3 is 2.36 bits per heavy atom. The van der Waals surface area contributed by atoms with Crippen molar-refractivity contribution in [1.29, 1.82) is 5.26 Å². The third-order valence-electron chi connectivity index (χ3n) is 7.56. The topological polar surface area (TPSA) is 115 Å². The summed E-state index contributed by atoms with van der Waals surface area (Å²) in [6.45, 7) is 8.86. The minimum atomic E-state index is -1.03. The van der Waals surface area contributed by atoms with Crippen molar-refractivity contribution in [3.05, 3.63) is 80.6 Å². The molecule has 4 aromatic rings. The van der Waals surface area contributed by atoms with Gasteiger partial charge in [0.1, 0.15) is 23.1 Å². The number of amides is 1. The van der Waals surface area contributed by atoms with E-state index in [2.05, 4.69) is 11.1 Å². The van der Waals surface area contributed by atoms with E-state index in [1.165, 1.54) is 15.5 Å². The summed E-state index contributed by atoms with van der Waals surface area (Å²) < 4.78 is 16.4. The summed E-state index contributed by atoms with van der Waals surface area (Å²) in [5, 5.41) is 20.4. The molecule has 3 aromatic heterocycles. The Hall–Kier alpha value is -4.49. The SMILES string of the molecule is CC(C)c1ccnc(C(C)C)c1-n1c(=O)c(C#N)c(N2CCN(C(=O)O)CC2)c2cc(Cl)c(-c3ccccc3F)nc21. The van der Waals surface area contributed by atoms with Gasteiger partial charge in [0.05, 0.1) is 27.8 Å². The Morgan fingerprint density at radius 2 is 1.76 bits per heavy atom. The molecule has 1 aliphatic heterocycles. The zero-order valence-corrected chi connectivity index (χ0v) is 24.5. The van der Waals surface area contributed by atoms with E-state index in [1.54, 1.807) is 30.5 Å². The largest absolute Gasteiger partial charge is 0.465 e. The Balaban J connectivity index is 1.93. The third-order valence-corrected chi connectivity index (χ3v) is 7.85. The van der Waals surface area contributed by atoms with Gasteiger partial charge in [-0.1, -0.05) is 51.4 Å². The van der Waals surface area contributed by atoms with Crippen LogP contribution in [-0.4, -0.2) is 56.8 Å². The van der Waals surface area contributed by atoms with Gasteiger partial charge in [-0.05, 0) is 41.7 Å². The summed E-state index contributed by atoms with van der Waals surface area (Å²) >= 11 is 6.77. The highest BCUT2D eigenvalue weighted by atomic mass is 35.5. The molecule has 0 atom stereocenters. The fourth-order valence-corrected chi connectivity index (χ4v) is 5.74. The lowest BCUT2D eigenvalue weighted by Gasteiger charge is -2.35. The molecule has 1 N–H and O–H groups in total. The molecule has 0 aliphatic carbocycles. The average Bonchev–Trinajstić information content (AvgIpc) is 2.96. The fourth-order valence-electron chi connectivity index (χ4n) is 5.49. The van der Waals surface area contributed by atoms with Crippen LogP contribution in [0.3, 0.4) is 0 Å². The molecule has 1 saturated heterocycles. The molecule has 0 unspecified atom stereocenters. The first kappa shape index (κ1) is 29.0. The molecule has 1 aromatic carbocycles. The summed E-state index contributed by atoms with van der Waals surface area (Å²) in [5.74, 6) is -0.602. The standard InChI is InChI=1S/C31H30ClFN6O3/c1-17(2)19-9-10-35-25(18(3)4)28(19)39-29-21(15-23(32)26(36-29)20-7-5-6-8-24(20)33)27(22(16-34)30(39)40)37-11-13-38(14-12-37)31(41)42/h5-10,15,17-18H,11-14H2,1-4H3,(H,41,42). The molecule has 0 bridgehead atoms. The minimum absolute atomic E-state index is 0.00454. The first-order chi connectivity index (χ1) is 20.0. The monoisotopic (exact) mass is 588 g/mol. The highest BCUT2D eigenvalue weighted by Gasteiger charge is 2.30. The van der Waals surface area contributed by atoms with Crippen molar-refractivity contribution in [2.45, 2.75) is 39.5 Å². The van der Waals surface area contributed by atoms with Crippen molar-refractivity contribution in [1.82, 2.24) is 19.4 Å². The van der Waals surface area contributed by atoms with Gasteiger partial charge in [0.2, 0.25) is 0 Å². The molecule has 1 aliphatic rings. The molecule has 42 heavy (non-hydrogen) atoms. The number of halogens is 2. The summed E-state index contributed by atoms with van der Waals surface area (Å²) in [6, 6.07) is 11.7. The molecule has 0 saturated carbocycles. The number of anilines is 1. The average molecular weight is 589 g/mol. The van der Waals surface area contributed by atoms with Gasteiger partial charge >= 0.3 is 6.09 Å². The molecule has 9 nitrogen and oxygen atoms in total. The van der Waals surface area contributed by atoms with E-state index in [4.69, 9.17) is 16.6 Å². The Kier molecular flexibility index (Phi) is 7.89. The lowest BCUT2D eigenvalue weighted by Crippen LogP contribution is -2.49. The normalized spacial score (nSPS) is 13.7. The van der Waals surface area contributed by atoms with E-state index in [9.17, 15) is 20.0 Å². The number of nitriles is 1. The van der Waals surface area contributed by atoms with Gasteiger partial charge in [-0.2, -0.15) is 5.26 Å². The summed E-state index contributed by atoms with van der Waals surface area (Å²) in [6.07, 6.45) is 0.673. The van der Waals surface area contributed by atoms with Crippen LogP contribution in [0.5, 0.6) is 0 Å². The molecule has 0 spiro atoms. The number of carbonyl (C=O) groups is 1. The molecular formula is C31H30ClFN6O3. The number of pyridine rings is 3. The maximum Gasteiger partial charge on any atom is 0.407 e. The smallest absolute Gasteiger partial charge is 0.407 e. The van der Waals surface area contributed by atoms with Crippen LogP contribution in [0, 0.1) is 17.1 Å². The zero-order valence-electron chi connectivity index (χ0n) is 23.7. The number of hydrogen-bond donors (Lipinski definition) is 1. The van der Waals surface area contributed by atoms with Crippen LogP contribution in [0.4, 0.5) is 14.9 Å². The first-order valence-electron chi connectivity index (χ1n) is 13.7. The second-order valence-electron chi connectivity index (χ2n) is 10.8. The van der Waals surface area contributed by atoms with Gasteiger partial charge < -0.3 is 14.9 Å². The fraction of sp³-hybridized carbons (Fsp3) is 0.323. The summed E-state index contributed by atoms with van der Waals surface area (Å²) in [7, 11) is 0. The third kappa shape index (κ3) is 4.94. The number of piperazine rings is 1. The van der Waals surface area contributed by atoms with E-state index in [1.807, 2.05) is 38.7 Å².